The first-order valence-electron chi connectivity index (χ1n) is 18.2. The van der Waals surface area contributed by atoms with Crippen molar-refractivity contribution in [2.24, 2.45) is 0 Å². The summed E-state index contributed by atoms with van der Waals surface area (Å²) < 4.78 is 13.4. The molecule has 6 aromatic heterocycles. The van der Waals surface area contributed by atoms with Gasteiger partial charge in [-0.1, -0.05) is 18.7 Å². The summed E-state index contributed by atoms with van der Waals surface area (Å²) in [5, 5.41) is 8.07. The number of nitrogens with one attached hydrogen (secondary N) is 2. The van der Waals surface area contributed by atoms with E-state index in [0.29, 0.717) is 46.3 Å². The molecule has 0 bridgehead atoms. The van der Waals surface area contributed by atoms with Crippen LogP contribution in [0.3, 0.4) is 0 Å². The SMILES string of the molecule is C=CC(=O)OCC.CCOC(=O)/C=C/c1cc2cnc(Nc3ccc(C)cn3)cc2n(CC)c1=O.CCn1c(=O)c(I)cc2cnc(Nc3ccc(C)cn3)cc21. The first kappa shape index (κ1) is 43.5. The summed E-state index contributed by atoms with van der Waals surface area (Å²) in [4.78, 5) is 64.1. The number of halogens is 1. The number of hydrogen-bond acceptors (Lipinski definition) is 12. The third kappa shape index (κ3) is 12.1. The van der Waals surface area contributed by atoms with Crippen molar-refractivity contribution in [3.05, 3.63) is 133 Å². The van der Waals surface area contributed by atoms with E-state index in [9.17, 15) is 19.2 Å². The molecule has 0 aromatic carbocycles. The van der Waals surface area contributed by atoms with Crippen LogP contribution in [0.2, 0.25) is 0 Å². The van der Waals surface area contributed by atoms with Crippen molar-refractivity contribution in [2.75, 3.05) is 23.8 Å². The molecule has 6 heterocycles. The summed E-state index contributed by atoms with van der Waals surface area (Å²) in [6.07, 6.45) is 10.9. The Balaban J connectivity index is 0.000000221. The summed E-state index contributed by atoms with van der Waals surface area (Å²) in [5.41, 5.74) is 4.06. The number of aryl methyl sites for hydroxylation is 4. The van der Waals surface area contributed by atoms with Crippen molar-refractivity contribution >= 4 is 85.7 Å². The zero-order chi connectivity index (χ0) is 41.5. The average Bonchev–Trinajstić information content (AvgIpc) is 3.20. The number of esters is 2. The van der Waals surface area contributed by atoms with Gasteiger partial charge in [0.1, 0.15) is 23.3 Å². The van der Waals surface area contributed by atoms with Gasteiger partial charge in [0.25, 0.3) is 11.1 Å². The number of rotatable bonds is 11. The molecule has 0 unspecified atom stereocenters. The number of nitrogens with zero attached hydrogens (tertiary/aromatic N) is 6. The predicted octanol–water partition coefficient (Wildman–Crippen LogP) is 7.64. The Morgan fingerprint density at radius 2 is 1.16 bits per heavy atom. The van der Waals surface area contributed by atoms with Crippen LogP contribution in [-0.4, -0.2) is 54.2 Å². The van der Waals surface area contributed by atoms with Gasteiger partial charge in [0, 0.05) is 78.5 Å². The van der Waals surface area contributed by atoms with Crippen LogP contribution < -0.4 is 21.8 Å². The van der Waals surface area contributed by atoms with Gasteiger partial charge in [-0.05, 0) is 106 Å². The highest BCUT2D eigenvalue weighted by atomic mass is 127. The quantitative estimate of drug-likeness (QED) is 0.0741. The monoisotopic (exact) mass is 884 g/mol. The standard InChI is InChI=1S/C21H22N4O3.C16H15IN4O.C5H8O2/c1-4-25-17-11-19(24-18-8-6-14(3)12-22-18)23-13-16(17)10-15(21(25)27)7-9-20(26)28-5-2;1-3-21-13-7-15(20-14-5-4-10(2)8-18-14)19-9-11(13)6-12(17)16(21)22;1-3-5(6)7-4-2/h6-13H,4-5H2,1-3H3,(H,22,23,24);4-9H,3H2,1-2H3,(H,18,19,20);3H,1,4H2,2H3/b9-7+;;. The minimum absolute atomic E-state index is 0.0289. The lowest BCUT2D eigenvalue weighted by Gasteiger charge is -2.11. The number of fused-ring (bicyclic) bond motifs is 2. The molecule has 0 saturated heterocycles. The average molecular weight is 885 g/mol. The van der Waals surface area contributed by atoms with Gasteiger partial charge in [0.2, 0.25) is 0 Å². The summed E-state index contributed by atoms with van der Waals surface area (Å²) in [6, 6.07) is 15.0. The van der Waals surface area contributed by atoms with Gasteiger partial charge in [0.05, 0.1) is 27.8 Å². The topological polar surface area (TPSA) is 172 Å². The Kier molecular flexibility index (Phi) is 16.2. The Hall–Kier alpha value is -6.23. The Morgan fingerprint density at radius 3 is 1.60 bits per heavy atom. The molecule has 2 N–H and O–H groups in total. The zero-order valence-electron chi connectivity index (χ0n) is 32.7. The smallest absolute Gasteiger partial charge is 0.330 e. The molecule has 0 aliphatic heterocycles. The fourth-order valence-electron chi connectivity index (χ4n) is 5.31. The fraction of sp³-hybridized carbons (Fsp3) is 0.238. The molecule has 15 heteroatoms. The highest BCUT2D eigenvalue weighted by Gasteiger charge is 2.11. The van der Waals surface area contributed by atoms with Crippen molar-refractivity contribution < 1.29 is 19.1 Å². The lowest BCUT2D eigenvalue weighted by Crippen LogP contribution is -2.22. The van der Waals surface area contributed by atoms with Gasteiger partial charge in [0.15, 0.2) is 0 Å². The highest BCUT2D eigenvalue weighted by Crippen LogP contribution is 2.21. The lowest BCUT2D eigenvalue weighted by molar-refractivity contribution is -0.138. The molecule has 0 spiro atoms. The van der Waals surface area contributed by atoms with Crippen LogP contribution in [0.1, 0.15) is 44.4 Å². The third-order valence-electron chi connectivity index (χ3n) is 8.05. The van der Waals surface area contributed by atoms with E-state index in [4.69, 9.17) is 4.74 Å². The van der Waals surface area contributed by atoms with Gasteiger partial charge >= 0.3 is 11.9 Å². The van der Waals surface area contributed by atoms with Gasteiger partial charge in [-0.3, -0.25) is 9.59 Å². The van der Waals surface area contributed by atoms with Crippen LogP contribution in [0.25, 0.3) is 27.9 Å². The van der Waals surface area contributed by atoms with Crippen molar-refractivity contribution in [3.63, 3.8) is 0 Å². The van der Waals surface area contributed by atoms with E-state index in [1.54, 1.807) is 53.8 Å². The van der Waals surface area contributed by atoms with Crippen molar-refractivity contribution in [1.29, 1.82) is 0 Å². The number of aromatic nitrogens is 6. The number of hydrogen-bond donors (Lipinski definition) is 2. The second kappa shape index (κ2) is 21.2. The molecular formula is C42H45IN8O6. The van der Waals surface area contributed by atoms with E-state index in [1.165, 1.54) is 12.2 Å². The van der Waals surface area contributed by atoms with Crippen molar-refractivity contribution in [2.45, 2.75) is 54.6 Å². The number of carbonyl (C=O) groups is 2. The minimum Gasteiger partial charge on any atom is -0.463 e. The lowest BCUT2D eigenvalue weighted by atomic mass is 10.1. The maximum atomic E-state index is 12.8. The van der Waals surface area contributed by atoms with Crippen LogP contribution in [0.15, 0.2) is 102 Å². The van der Waals surface area contributed by atoms with Crippen molar-refractivity contribution in [1.82, 2.24) is 29.1 Å². The van der Waals surface area contributed by atoms with E-state index in [2.05, 4.69) is 64.5 Å². The maximum Gasteiger partial charge on any atom is 0.330 e. The molecule has 0 saturated carbocycles. The molecule has 0 amide bonds. The predicted molar refractivity (Wildman–Crippen MR) is 233 cm³/mol. The molecule has 0 aliphatic carbocycles. The first-order valence-corrected chi connectivity index (χ1v) is 19.2. The summed E-state index contributed by atoms with van der Waals surface area (Å²) in [6.45, 7) is 16.3. The zero-order valence-corrected chi connectivity index (χ0v) is 34.9. The minimum atomic E-state index is -0.478. The Morgan fingerprint density at radius 1 is 0.684 bits per heavy atom. The number of carbonyl (C=O) groups excluding carboxylic acids is 2. The van der Waals surface area contributed by atoms with Gasteiger partial charge < -0.3 is 29.2 Å². The van der Waals surface area contributed by atoms with Crippen LogP contribution in [0.4, 0.5) is 23.3 Å². The van der Waals surface area contributed by atoms with Crippen LogP contribution >= 0.6 is 22.6 Å². The van der Waals surface area contributed by atoms with Crippen molar-refractivity contribution in [3.8, 4) is 0 Å². The number of anilines is 4. The van der Waals surface area contributed by atoms with Gasteiger partial charge in [-0.2, -0.15) is 0 Å². The molecule has 57 heavy (non-hydrogen) atoms. The normalized spacial score (nSPS) is 10.6. The molecular weight excluding hydrogens is 839 g/mol. The molecule has 6 rings (SSSR count). The third-order valence-corrected chi connectivity index (χ3v) is 8.82. The van der Waals surface area contributed by atoms with Gasteiger partial charge in [-0.15, -0.1) is 0 Å². The molecule has 0 aliphatic rings. The van der Waals surface area contributed by atoms with Gasteiger partial charge in [-0.25, -0.2) is 29.5 Å². The van der Waals surface area contributed by atoms with E-state index < -0.39 is 5.97 Å². The van der Waals surface area contributed by atoms with Crippen LogP contribution in [0, 0.1) is 17.4 Å². The summed E-state index contributed by atoms with van der Waals surface area (Å²) >= 11 is 2.06. The second-order valence-electron chi connectivity index (χ2n) is 12.2. The maximum absolute atomic E-state index is 12.8. The fourth-order valence-corrected chi connectivity index (χ4v) is 5.94. The molecule has 0 fully saturated rings. The summed E-state index contributed by atoms with van der Waals surface area (Å²) in [5.74, 6) is 1.84. The van der Waals surface area contributed by atoms with E-state index in [1.807, 2.05) is 70.2 Å². The highest BCUT2D eigenvalue weighted by molar-refractivity contribution is 14.1. The van der Waals surface area contributed by atoms with E-state index in [0.717, 1.165) is 44.8 Å². The molecule has 14 nitrogen and oxygen atoms in total. The summed E-state index contributed by atoms with van der Waals surface area (Å²) in [7, 11) is 0. The molecule has 296 valence electrons. The number of pyridine rings is 6. The second-order valence-corrected chi connectivity index (χ2v) is 13.3. The number of ether oxygens (including phenoxy) is 2. The van der Waals surface area contributed by atoms with E-state index >= 15 is 0 Å². The first-order chi connectivity index (χ1) is 27.4. The molecule has 0 radical (unpaired) electrons. The largest absolute Gasteiger partial charge is 0.463 e. The molecule has 6 aromatic rings. The molecule has 0 atom stereocenters. The Labute approximate surface area is 343 Å². The van der Waals surface area contributed by atoms with Crippen LogP contribution in [0.5, 0.6) is 0 Å². The Bertz CT molecular complexity index is 2500. The van der Waals surface area contributed by atoms with E-state index in [-0.39, 0.29) is 23.7 Å². The van der Waals surface area contributed by atoms with Crippen LogP contribution in [-0.2, 0) is 32.2 Å².